The first kappa shape index (κ1) is 21.9. The van der Waals surface area contributed by atoms with E-state index in [1.165, 1.54) is 19.2 Å². The summed E-state index contributed by atoms with van der Waals surface area (Å²) >= 11 is 0. The number of piperidine rings is 1. The largest absolute Gasteiger partial charge is 0.507 e. The minimum atomic E-state index is -0.692. The van der Waals surface area contributed by atoms with Gasteiger partial charge in [-0.1, -0.05) is 24.3 Å². The Balaban J connectivity index is 1.86. The van der Waals surface area contributed by atoms with Gasteiger partial charge in [-0.3, -0.25) is 4.79 Å². The van der Waals surface area contributed by atoms with Crippen LogP contribution in [0.2, 0.25) is 0 Å². The van der Waals surface area contributed by atoms with Gasteiger partial charge in [-0.05, 0) is 36.6 Å². The number of hydrogen-bond acceptors (Lipinski definition) is 5. The van der Waals surface area contributed by atoms with E-state index in [9.17, 15) is 14.3 Å². The molecule has 1 aliphatic rings. The summed E-state index contributed by atoms with van der Waals surface area (Å²) in [6.07, 6.45) is 2.63. The van der Waals surface area contributed by atoms with Crippen molar-refractivity contribution in [1.29, 1.82) is 5.26 Å². The van der Waals surface area contributed by atoms with E-state index in [1.54, 1.807) is 41.4 Å². The zero-order valence-corrected chi connectivity index (χ0v) is 17.1. The molecule has 162 valence electrons. The maximum Gasteiger partial charge on any atom is 0.258 e. The third-order valence-electron chi connectivity index (χ3n) is 5.69. The molecular formula is C22H24FN5O3. The summed E-state index contributed by atoms with van der Waals surface area (Å²) in [6, 6.07) is 11.0. The second kappa shape index (κ2) is 9.34. The first-order chi connectivity index (χ1) is 14.9. The lowest BCUT2D eigenvalue weighted by Crippen LogP contribution is -2.52. The molecule has 0 radical (unpaired) electrons. The predicted molar refractivity (Wildman–Crippen MR) is 113 cm³/mol. The summed E-state index contributed by atoms with van der Waals surface area (Å²) in [7, 11) is 1.41. The van der Waals surface area contributed by atoms with E-state index >= 15 is 0 Å². The standard InChI is InChI=1S/C22H24FN5O3/c1-31-18-8-4-7-17(29)19(18)20(30)26-13-22(15-5-2-3-6-16(15)23)9-11-28(12-10-22)21(25)27-14-24/h2-8,29H,9-13H2,1H3,(H2,25,27)(H,26,30). The first-order valence-electron chi connectivity index (χ1n) is 9.78. The highest BCUT2D eigenvalue weighted by molar-refractivity contribution is 5.99. The van der Waals surface area contributed by atoms with Crippen molar-refractivity contribution in [3.05, 3.63) is 59.4 Å². The lowest BCUT2D eigenvalue weighted by molar-refractivity contribution is 0.0925. The molecule has 0 aromatic heterocycles. The number of carbonyl (C=O) groups excluding carboxylic acids is 1. The molecule has 0 atom stereocenters. The number of guanidine groups is 1. The summed E-state index contributed by atoms with van der Waals surface area (Å²) in [5, 5.41) is 21.7. The maximum absolute atomic E-state index is 14.7. The lowest BCUT2D eigenvalue weighted by Gasteiger charge is -2.42. The summed E-state index contributed by atoms with van der Waals surface area (Å²) < 4.78 is 19.9. The van der Waals surface area contributed by atoms with Gasteiger partial charge in [-0.15, -0.1) is 4.99 Å². The molecule has 1 amide bonds. The number of phenolic OH excluding ortho intramolecular Hbond substituents is 1. The fraction of sp³-hybridized carbons (Fsp3) is 0.318. The number of benzene rings is 2. The number of nitriles is 1. The van der Waals surface area contributed by atoms with Crippen molar-refractivity contribution in [3.63, 3.8) is 0 Å². The Kier molecular flexibility index (Phi) is 6.60. The fourth-order valence-electron chi connectivity index (χ4n) is 3.97. The van der Waals surface area contributed by atoms with Crippen LogP contribution in [0.15, 0.2) is 47.5 Å². The van der Waals surface area contributed by atoms with Gasteiger partial charge >= 0.3 is 0 Å². The first-order valence-corrected chi connectivity index (χ1v) is 9.78. The van der Waals surface area contributed by atoms with E-state index in [1.807, 2.05) is 0 Å². The molecule has 1 aliphatic heterocycles. The number of phenols is 1. The zero-order chi connectivity index (χ0) is 22.4. The molecule has 0 spiro atoms. The molecule has 31 heavy (non-hydrogen) atoms. The van der Waals surface area contributed by atoms with Gasteiger partial charge in [0.2, 0.25) is 12.2 Å². The predicted octanol–water partition coefficient (Wildman–Crippen LogP) is 2.10. The summed E-state index contributed by atoms with van der Waals surface area (Å²) in [4.78, 5) is 18.2. The van der Waals surface area contributed by atoms with Crippen LogP contribution >= 0.6 is 0 Å². The number of ether oxygens (including phenoxy) is 1. The zero-order valence-electron chi connectivity index (χ0n) is 17.1. The van der Waals surface area contributed by atoms with E-state index < -0.39 is 11.3 Å². The van der Waals surface area contributed by atoms with Crippen LogP contribution in [0.1, 0.15) is 28.8 Å². The van der Waals surface area contributed by atoms with E-state index in [0.29, 0.717) is 31.5 Å². The van der Waals surface area contributed by atoms with Crippen molar-refractivity contribution < 1.29 is 19.0 Å². The van der Waals surface area contributed by atoms with Crippen molar-refractivity contribution in [2.45, 2.75) is 18.3 Å². The molecule has 3 rings (SSSR count). The van der Waals surface area contributed by atoms with Crippen LogP contribution in [0, 0.1) is 17.3 Å². The number of amides is 1. The lowest BCUT2D eigenvalue weighted by atomic mass is 9.72. The number of aromatic hydroxyl groups is 1. The summed E-state index contributed by atoms with van der Waals surface area (Å²) in [5.74, 6) is -0.713. The van der Waals surface area contributed by atoms with Gasteiger partial charge in [-0.2, -0.15) is 5.26 Å². The number of nitrogens with one attached hydrogen (secondary N) is 1. The average molecular weight is 425 g/mol. The molecule has 2 aromatic carbocycles. The third kappa shape index (κ3) is 4.53. The van der Waals surface area contributed by atoms with Crippen molar-refractivity contribution in [2.75, 3.05) is 26.7 Å². The van der Waals surface area contributed by atoms with Gasteiger partial charge < -0.3 is 25.8 Å². The number of rotatable bonds is 5. The molecule has 0 aliphatic carbocycles. The van der Waals surface area contributed by atoms with Gasteiger partial charge in [0.05, 0.1) is 7.11 Å². The molecule has 8 nitrogen and oxygen atoms in total. The quantitative estimate of drug-likeness (QED) is 0.383. The highest BCUT2D eigenvalue weighted by atomic mass is 19.1. The Bertz CT molecular complexity index is 1030. The molecule has 0 saturated carbocycles. The molecule has 1 heterocycles. The minimum Gasteiger partial charge on any atom is -0.507 e. The molecule has 1 fully saturated rings. The highest BCUT2D eigenvalue weighted by Crippen LogP contribution is 2.37. The van der Waals surface area contributed by atoms with Crippen molar-refractivity contribution in [2.24, 2.45) is 10.7 Å². The molecule has 9 heteroatoms. The second-order valence-corrected chi connectivity index (χ2v) is 7.35. The third-order valence-corrected chi connectivity index (χ3v) is 5.69. The minimum absolute atomic E-state index is 0.0246. The van der Waals surface area contributed by atoms with E-state index in [2.05, 4.69) is 10.3 Å². The van der Waals surface area contributed by atoms with E-state index in [0.717, 1.165) is 0 Å². The molecule has 2 aromatic rings. The second-order valence-electron chi connectivity index (χ2n) is 7.35. The normalized spacial score (nSPS) is 15.8. The van der Waals surface area contributed by atoms with Crippen LogP contribution in [0.3, 0.4) is 0 Å². The Hall–Kier alpha value is -3.80. The van der Waals surface area contributed by atoms with Crippen LogP contribution in [-0.4, -0.2) is 48.6 Å². The number of hydrogen-bond donors (Lipinski definition) is 3. The van der Waals surface area contributed by atoms with Crippen LogP contribution in [0.4, 0.5) is 4.39 Å². The molecule has 0 bridgehead atoms. The smallest absolute Gasteiger partial charge is 0.258 e. The number of nitrogens with zero attached hydrogens (tertiary/aromatic N) is 3. The summed E-state index contributed by atoms with van der Waals surface area (Å²) in [5.41, 5.74) is 5.66. The Labute approximate surface area is 179 Å². The number of nitrogens with two attached hydrogens (primary N) is 1. The van der Waals surface area contributed by atoms with Gasteiger partial charge in [0.25, 0.3) is 5.91 Å². The highest BCUT2D eigenvalue weighted by Gasteiger charge is 2.39. The van der Waals surface area contributed by atoms with Crippen LogP contribution < -0.4 is 15.8 Å². The molecular weight excluding hydrogens is 401 g/mol. The molecule has 4 N–H and O–H groups in total. The van der Waals surface area contributed by atoms with E-state index in [4.69, 9.17) is 15.7 Å². The monoisotopic (exact) mass is 425 g/mol. The van der Waals surface area contributed by atoms with Gasteiger partial charge in [-0.25, -0.2) is 4.39 Å². The van der Waals surface area contributed by atoms with Crippen LogP contribution in [-0.2, 0) is 5.41 Å². The Morgan fingerprint density at radius 1 is 1.32 bits per heavy atom. The number of likely N-dealkylation sites (tertiary alicyclic amines) is 1. The van der Waals surface area contributed by atoms with Crippen molar-refractivity contribution in [1.82, 2.24) is 10.2 Å². The topological polar surface area (TPSA) is 124 Å². The number of aliphatic imine (C=N–C) groups is 1. The van der Waals surface area contributed by atoms with Crippen molar-refractivity contribution in [3.8, 4) is 17.7 Å². The SMILES string of the molecule is COc1cccc(O)c1C(=O)NCC1(c2ccccc2F)CCN(C(N)=NC#N)CC1. The van der Waals surface area contributed by atoms with Gasteiger partial charge in [0, 0.05) is 25.0 Å². The fourth-order valence-corrected chi connectivity index (χ4v) is 3.97. The molecule has 1 saturated heterocycles. The van der Waals surface area contributed by atoms with E-state index in [-0.39, 0.29) is 35.4 Å². The maximum atomic E-state index is 14.7. The summed E-state index contributed by atoms with van der Waals surface area (Å²) in [6.45, 7) is 1.04. The number of halogens is 1. The van der Waals surface area contributed by atoms with Gasteiger partial charge in [0.15, 0.2) is 0 Å². The Morgan fingerprint density at radius 2 is 2.03 bits per heavy atom. The number of carbonyl (C=O) groups is 1. The van der Waals surface area contributed by atoms with Crippen molar-refractivity contribution >= 4 is 11.9 Å². The van der Waals surface area contributed by atoms with Crippen LogP contribution in [0.25, 0.3) is 0 Å². The van der Waals surface area contributed by atoms with Gasteiger partial charge in [0.1, 0.15) is 22.9 Å². The number of methoxy groups -OCH3 is 1. The van der Waals surface area contributed by atoms with Crippen LogP contribution in [0.5, 0.6) is 11.5 Å². The Morgan fingerprint density at radius 3 is 2.68 bits per heavy atom. The average Bonchev–Trinajstić information content (AvgIpc) is 2.78. The molecule has 0 unspecified atom stereocenters.